The molecule has 5 rings (SSSR count). The molecule has 0 atom stereocenters. The van der Waals surface area contributed by atoms with E-state index < -0.39 is 6.36 Å². The summed E-state index contributed by atoms with van der Waals surface area (Å²) in [7, 11) is 0. The molecule has 4 aromatic rings. The highest BCUT2D eigenvalue weighted by molar-refractivity contribution is 5.97. The van der Waals surface area contributed by atoms with Crippen molar-refractivity contribution in [1.82, 2.24) is 14.9 Å². The van der Waals surface area contributed by atoms with Crippen LogP contribution in [0, 0.1) is 6.92 Å². The Bertz CT molecular complexity index is 1380. The number of halogens is 3. The van der Waals surface area contributed by atoms with Crippen LogP contribution in [0.4, 0.5) is 13.2 Å². The zero-order valence-corrected chi connectivity index (χ0v) is 18.3. The van der Waals surface area contributed by atoms with Crippen LogP contribution in [0.3, 0.4) is 0 Å². The number of rotatable bonds is 3. The van der Waals surface area contributed by atoms with Crippen molar-refractivity contribution >= 4 is 16.8 Å². The molecule has 0 bridgehead atoms. The Morgan fingerprint density at radius 1 is 1.09 bits per heavy atom. The molecule has 34 heavy (non-hydrogen) atoms. The van der Waals surface area contributed by atoms with Gasteiger partial charge in [-0.25, -0.2) is 0 Å². The van der Waals surface area contributed by atoms with Crippen molar-refractivity contribution < 1.29 is 22.7 Å². The first kappa shape index (κ1) is 21.9. The van der Waals surface area contributed by atoms with Gasteiger partial charge in [0.25, 0.3) is 5.91 Å². The Balaban J connectivity index is 1.40. The highest BCUT2D eigenvalue weighted by atomic mass is 19.4. The minimum atomic E-state index is -4.74. The molecule has 3 heterocycles. The molecule has 5 nitrogen and oxygen atoms in total. The average molecular weight is 463 g/mol. The van der Waals surface area contributed by atoms with E-state index in [1.54, 1.807) is 41.6 Å². The fraction of sp³-hybridized carbons (Fsp3) is 0.192. The lowest BCUT2D eigenvalue weighted by Gasteiger charge is -2.29. The highest BCUT2D eigenvalue weighted by Crippen LogP contribution is 2.31. The average Bonchev–Trinajstić information content (AvgIpc) is 2.82. The van der Waals surface area contributed by atoms with Gasteiger partial charge in [0.05, 0.1) is 5.52 Å². The van der Waals surface area contributed by atoms with E-state index in [4.69, 9.17) is 4.98 Å². The number of benzene rings is 2. The summed E-state index contributed by atoms with van der Waals surface area (Å²) in [5, 5.41) is 0.937. The summed E-state index contributed by atoms with van der Waals surface area (Å²) in [6.07, 6.45) is -0.594. The van der Waals surface area contributed by atoms with Crippen molar-refractivity contribution in [2.45, 2.75) is 26.3 Å². The van der Waals surface area contributed by atoms with Gasteiger partial charge in [-0.15, -0.1) is 13.2 Å². The van der Waals surface area contributed by atoms with Gasteiger partial charge >= 0.3 is 6.36 Å². The number of hydrogen-bond acceptors (Lipinski definition) is 4. The Morgan fingerprint density at radius 2 is 1.88 bits per heavy atom. The van der Waals surface area contributed by atoms with Crippen LogP contribution in [0.1, 0.15) is 27.2 Å². The van der Waals surface area contributed by atoms with E-state index in [9.17, 15) is 18.0 Å². The molecule has 0 saturated heterocycles. The summed E-state index contributed by atoms with van der Waals surface area (Å²) in [5.74, 6) is -0.377. The Kier molecular flexibility index (Phi) is 5.43. The Morgan fingerprint density at radius 3 is 2.65 bits per heavy atom. The summed E-state index contributed by atoms with van der Waals surface area (Å²) in [4.78, 5) is 24.1. The van der Waals surface area contributed by atoms with Gasteiger partial charge in [-0.05, 0) is 59.5 Å². The Hall–Kier alpha value is -3.94. The van der Waals surface area contributed by atoms with Gasteiger partial charge in [-0.1, -0.05) is 24.3 Å². The number of pyridine rings is 2. The van der Waals surface area contributed by atoms with Gasteiger partial charge in [0, 0.05) is 48.5 Å². The zero-order chi connectivity index (χ0) is 23.9. The smallest absolute Gasteiger partial charge is 0.406 e. The number of carbonyl (C=O) groups excluding carboxylic acids is 1. The lowest BCUT2D eigenvalue weighted by atomic mass is 9.95. The number of ether oxygens (including phenoxy) is 1. The third-order valence-electron chi connectivity index (χ3n) is 6.01. The predicted octanol–water partition coefficient (Wildman–Crippen LogP) is 5.70. The fourth-order valence-corrected chi connectivity index (χ4v) is 4.34. The van der Waals surface area contributed by atoms with Gasteiger partial charge in [0.15, 0.2) is 0 Å². The number of aromatic nitrogens is 2. The lowest BCUT2D eigenvalue weighted by molar-refractivity contribution is -0.274. The number of carbonyl (C=O) groups is 1. The van der Waals surface area contributed by atoms with E-state index >= 15 is 0 Å². The molecular formula is C26H20F3N3O2. The van der Waals surface area contributed by atoms with Crippen LogP contribution in [0.2, 0.25) is 0 Å². The highest BCUT2D eigenvalue weighted by Gasteiger charge is 2.31. The lowest BCUT2D eigenvalue weighted by Crippen LogP contribution is -2.36. The summed E-state index contributed by atoms with van der Waals surface area (Å²) >= 11 is 0. The number of nitrogens with zero attached hydrogens (tertiary/aromatic N) is 3. The molecule has 0 unspecified atom stereocenters. The quantitative estimate of drug-likeness (QED) is 0.391. The minimum Gasteiger partial charge on any atom is -0.406 e. The van der Waals surface area contributed by atoms with Gasteiger partial charge < -0.3 is 9.64 Å². The number of fused-ring (bicyclic) bond motifs is 2. The van der Waals surface area contributed by atoms with Crippen LogP contribution >= 0.6 is 0 Å². The molecule has 1 amide bonds. The van der Waals surface area contributed by atoms with Crippen molar-refractivity contribution in [3.05, 3.63) is 89.4 Å². The van der Waals surface area contributed by atoms with Crippen LogP contribution in [0.5, 0.6) is 5.75 Å². The van der Waals surface area contributed by atoms with E-state index in [-0.39, 0.29) is 11.7 Å². The van der Waals surface area contributed by atoms with E-state index in [2.05, 4.69) is 9.72 Å². The molecule has 2 aromatic heterocycles. The van der Waals surface area contributed by atoms with Crippen LogP contribution in [-0.4, -0.2) is 33.7 Å². The third-order valence-corrected chi connectivity index (χ3v) is 6.01. The topological polar surface area (TPSA) is 55.3 Å². The SMILES string of the molecule is Cc1c(C(=O)N2CCc3nc4ccncc4cc3C2)cccc1-c1ccc(OC(F)(F)F)cc1. The standard InChI is InChI=1S/C26H20F3N3O2/c1-16-21(17-5-7-20(8-6-17)34-26(27,28)29)3-2-4-22(16)25(33)32-12-10-24-19(15-32)13-18-14-30-11-9-23(18)31-24/h2-9,11,13-14H,10,12,15H2,1H3. The minimum absolute atomic E-state index is 0.0895. The van der Waals surface area contributed by atoms with Crippen molar-refractivity contribution in [3.8, 4) is 16.9 Å². The number of alkyl halides is 3. The molecule has 2 aromatic carbocycles. The van der Waals surface area contributed by atoms with E-state index in [0.29, 0.717) is 30.6 Å². The molecule has 0 fully saturated rings. The second kappa shape index (κ2) is 8.44. The molecule has 172 valence electrons. The normalized spacial score (nSPS) is 13.6. The molecule has 0 spiro atoms. The van der Waals surface area contributed by atoms with E-state index in [1.165, 1.54) is 12.1 Å². The molecule has 0 radical (unpaired) electrons. The van der Waals surface area contributed by atoms with Crippen LogP contribution < -0.4 is 4.74 Å². The van der Waals surface area contributed by atoms with Crippen molar-refractivity contribution in [1.29, 1.82) is 0 Å². The van der Waals surface area contributed by atoms with Crippen molar-refractivity contribution in [3.63, 3.8) is 0 Å². The largest absolute Gasteiger partial charge is 0.573 e. The molecule has 1 aliphatic rings. The monoisotopic (exact) mass is 463 g/mol. The fourth-order valence-electron chi connectivity index (χ4n) is 4.34. The van der Waals surface area contributed by atoms with Gasteiger partial charge in [0.2, 0.25) is 0 Å². The maximum Gasteiger partial charge on any atom is 0.573 e. The summed E-state index contributed by atoms with van der Waals surface area (Å²) in [6, 6.07) is 15.0. The van der Waals surface area contributed by atoms with Crippen molar-refractivity contribution in [2.24, 2.45) is 0 Å². The number of amides is 1. The molecule has 1 aliphatic heterocycles. The van der Waals surface area contributed by atoms with E-state index in [0.717, 1.165) is 33.3 Å². The first-order valence-electron chi connectivity index (χ1n) is 10.8. The predicted molar refractivity (Wildman–Crippen MR) is 121 cm³/mol. The van der Waals surface area contributed by atoms with Crippen LogP contribution in [-0.2, 0) is 13.0 Å². The second-order valence-electron chi connectivity index (χ2n) is 8.19. The summed E-state index contributed by atoms with van der Waals surface area (Å²) in [5.41, 5.74) is 5.71. The Labute approximate surface area is 193 Å². The first-order valence-corrected chi connectivity index (χ1v) is 10.8. The third kappa shape index (κ3) is 4.31. The van der Waals surface area contributed by atoms with Crippen molar-refractivity contribution in [2.75, 3.05) is 6.54 Å². The summed E-state index contributed by atoms with van der Waals surface area (Å²) in [6.45, 7) is 2.86. The molecule has 0 N–H and O–H groups in total. The summed E-state index contributed by atoms with van der Waals surface area (Å²) < 4.78 is 41.3. The second-order valence-corrected chi connectivity index (χ2v) is 8.19. The van der Waals surface area contributed by atoms with Gasteiger partial charge in [0.1, 0.15) is 5.75 Å². The van der Waals surface area contributed by atoms with Crippen LogP contribution in [0.25, 0.3) is 22.0 Å². The number of hydrogen-bond donors (Lipinski definition) is 0. The van der Waals surface area contributed by atoms with Gasteiger partial charge in [-0.2, -0.15) is 0 Å². The molecule has 0 saturated carbocycles. The van der Waals surface area contributed by atoms with E-state index in [1.807, 2.05) is 25.1 Å². The molecule has 8 heteroatoms. The zero-order valence-electron chi connectivity index (χ0n) is 18.3. The molecule has 0 aliphatic carbocycles. The maximum atomic E-state index is 13.4. The van der Waals surface area contributed by atoms with Crippen LogP contribution in [0.15, 0.2) is 67.0 Å². The first-order chi connectivity index (χ1) is 16.3. The molecular weight excluding hydrogens is 443 g/mol. The van der Waals surface area contributed by atoms with Gasteiger partial charge in [-0.3, -0.25) is 14.8 Å². The maximum absolute atomic E-state index is 13.4.